The average Bonchev–Trinajstić information content (AvgIpc) is 3.23. The second-order valence-electron chi connectivity index (χ2n) is 6.34. The Hall–Kier alpha value is -3.41. The Morgan fingerprint density at radius 2 is 2.07 bits per heavy atom. The lowest BCUT2D eigenvalue weighted by Crippen LogP contribution is -2.32. The summed E-state index contributed by atoms with van der Waals surface area (Å²) in [6.07, 6.45) is 3.49. The predicted octanol–water partition coefficient (Wildman–Crippen LogP) is 3.53. The van der Waals surface area contributed by atoms with Gasteiger partial charge >= 0.3 is 5.97 Å². The fraction of sp³-hybridized carbons (Fsp3) is 0.190. The maximum absolute atomic E-state index is 12.9. The summed E-state index contributed by atoms with van der Waals surface area (Å²) >= 11 is 0. The van der Waals surface area contributed by atoms with Gasteiger partial charge in [-0.3, -0.25) is 9.69 Å². The molecule has 1 atom stereocenters. The molecule has 0 saturated carbocycles. The zero-order valence-corrected chi connectivity index (χ0v) is 14.9. The van der Waals surface area contributed by atoms with E-state index < -0.39 is 0 Å². The molecule has 2 aromatic carbocycles. The van der Waals surface area contributed by atoms with E-state index in [-0.39, 0.29) is 18.0 Å². The molecule has 27 heavy (non-hydrogen) atoms. The molecule has 1 aliphatic heterocycles. The molecule has 2 heterocycles. The van der Waals surface area contributed by atoms with E-state index in [1.54, 1.807) is 35.5 Å². The number of nitrogens with one attached hydrogen (secondary N) is 1. The van der Waals surface area contributed by atoms with Gasteiger partial charge in [0.2, 0.25) is 5.95 Å². The van der Waals surface area contributed by atoms with E-state index in [0.717, 1.165) is 11.1 Å². The standard InChI is InChI=1S/C21H19N3O3/c1-2-24(21-22-10-11-23-21)19(25)15-8-9-17-16(12-15)13-18(27-20(17)26)14-6-4-3-5-7-14/h3-12,18H,2,13H2,1H3,(H,22,23). The van der Waals surface area contributed by atoms with Crippen LogP contribution in [0.15, 0.2) is 60.9 Å². The number of carbonyl (C=O) groups excluding carboxylic acids is 2. The fourth-order valence-electron chi connectivity index (χ4n) is 3.33. The highest BCUT2D eigenvalue weighted by Crippen LogP contribution is 2.31. The maximum atomic E-state index is 12.9. The van der Waals surface area contributed by atoms with Crippen LogP contribution in [0.3, 0.4) is 0 Å². The molecule has 0 aliphatic carbocycles. The van der Waals surface area contributed by atoms with Gasteiger partial charge in [0.1, 0.15) is 6.10 Å². The van der Waals surface area contributed by atoms with Gasteiger partial charge in [0.15, 0.2) is 0 Å². The topological polar surface area (TPSA) is 75.3 Å². The molecule has 6 nitrogen and oxygen atoms in total. The van der Waals surface area contributed by atoms with Crippen molar-refractivity contribution >= 4 is 17.8 Å². The van der Waals surface area contributed by atoms with Crippen molar-refractivity contribution in [2.75, 3.05) is 11.4 Å². The van der Waals surface area contributed by atoms with Crippen molar-refractivity contribution in [3.63, 3.8) is 0 Å². The average molecular weight is 361 g/mol. The first-order valence-corrected chi connectivity index (χ1v) is 8.87. The number of cyclic esters (lactones) is 1. The Bertz CT molecular complexity index is 968. The van der Waals surface area contributed by atoms with E-state index in [4.69, 9.17) is 4.74 Å². The van der Waals surface area contributed by atoms with Crippen LogP contribution >= 0.6 is 0 Å². The quantitative estimate of drug-likeness (QED) is 0.722. The van der Waals surface area contributed by atoms with Crippen molar-refractivity contribution in [3.8, 4) is 0 Å². The van der Waals surface area contributed by atoms with Gasteiger partial charge in [-0.2, -0.15) is 0 Å². The molecule has 0 saturated heterocycles. The van der Waals surface area contributed by atoms with Crippen LogP contribution in [0, 0.1) is 0 Å². The molecule has 6 heteroatoms. The molecule has 0 spiro atoms. The number of H-pyrrole nitrogens is 1. The third kappa shape index (κ3) is 3.21. The second kappa shape index (κ2) is 7.07. The first kappa shape index (κ1) is 17.0. The molecule has 1 amide bonds. The van der Waals surface area contributed by atoms with Crippen molar-refractivity contribution < 1.29 is 14.3 Å². The summed E-state index contributed by atoms with van der Waals surface area (Å²) in [5.74, 6) is -0.0188. The molecule has 3 aromatic rings. The number of imidazole rings is 1. The maximum Gasteiger partial charge on any atom is 0.339 e. The fourth-order valence-corrected chi connectivity index (χ4v) is 3.33. The van der Waals surface area contributed by atoms with Crippen LogP contribution < -0.4 is 4.90 Å². The van der Waals surface area contributed by atoms with E-state index in [1.165, 1.54) is 0 Å². The summed E-state index contributed by atoms with van der Waals surface area (Å²) in [5, 5.41) is 0. The number of aromatic amines is 1. The normalized spacial score (nSPS) is 15.7. The predicted molar refractivity (Wildman–Crippen MR) is 101 cm³/mol. The summed E-state index contributed by atoms with van der Waals surface area (Å²) in [6.45, 7) is 2.37. The van der Waals surface area contributed by atoms with Gasteiger partial charge in [-0.15, -0.1) is 0 Å². The number of benzene rings is 2. The number of ether oxygens (including phenoxy) is 1. The Morgan fingerprint density at radius 3 is 2.78 bits per heavy atom. The largest absolute Gasteiger partial charge is 0.454 e. The highest BCUT2D eigenvalue weighted by atomic mass is 16.5. The van der Waals surface area contributed by atoms with Crippen LogP contribution in [0.4, 0.5) is 5.95 Å². The molecule has 1 unspecified atom stereocenters. The third-order valence-electron chi connectivity index (χ3n) is 4.70. The summed E-state index contributed by atoms with van der Waals surface area (Å²) in [6, 6.07) is 14.8. The molecule has 136 valence electrons. The second-order valence-corrected chi connectivity index (χ2v) is 6.34. The molecule has 1 aliphatic rings. The van der Waals surface area contributed by atoms with E-state index in [9.17, 15) is 9.59 Å². The third-order valence-corrected chi connectivity index (χ3v) is 4.70. The molecule has 0 bridgehead atoms. The monoisotopic (exact) mass is 361 g/mol. The van der Waals surface area contributed by atoms with Crippen LogP contribution in [-0.2, 0) is 11.2 Å². The van der Waals surface area contributed by atoms with Crippen LogP contribution in [0.1, 0.15) is 44.9 Å². The van der Waals surface area contributed by atoms with E-state index in [1.807, 2.05) is 37.3 Å². The molecule has 4 rings (SSSR count). The minimum atomic E-state index is -0.359. The van der Waals surface area contributed by atoms with Crippen LogP contribution in [0.5, 0.6) is 0 Å². The lowest BCUT2D eigenvalue weighted by atomic mass is 9.93. The summed E-state index contributed by atoms with van der Waals surface area (Å²) < 4.78 is 5.58. The molecule has 1 aromatic heterocycles. The molecule has 0 fully saturated rings. The lowest BCUT2D eigenvalue weighted by Gasteiger charge is -2.26. The van der Waals surface area contributed by atoms with Gasteiger partial charge in [-0.05, 0) is 36.2 Å². The van der Waals surface area contributed by atoms with Gasteiger partial charge in [-0.25, -0.2) is 9.78 Å². The number of rotatable bonds is 4. The smallest absolute Gasteiger partial charge is 0.339 e. The number of hydrogen-bond donors (Lipinski definition) is 1. The van der Waals surface area contributed by atoms with Crippen molar-refractivity contribution in [3.05, 3.63) is 83.2 Å². The van der Waals surface area contributed by atoms with E-state index in [2.05, 4.69) is 9.97 Å². The first-order valence-electron chi connectivity index (χ1n) is 8.87. The SMILES string of the molecule is CCN(C(=O)c1ccc2c(c1)CC(c1ccccc1)OC2=O)c1ncc[nH]1. The highest BCUT2D eigenvalue weighted by molar-refractivity contribution is 6.06. The summed E-state index contributed by atoms with van der Waals surface area (Å²) in [4.78, 5) is 34.0. The summed E-state index contributed by atoms with van der Waals surface area (Å²) in [7, 11) is 0. The molecule has 1 N–H and O–H groups in total. The Balaban J connectivity index is 1.65. The number of nitrogens with zero attached hydrogens (tertiary/aromatic N) is 2. The molecule has 0 radical (unpaired) electrons. The van der Waals surface area contributed by atoms with Crippen LogP contribution in [0.2, 0.25) is 0 Å². The molecular weight excluding hydrogens is 342 g/mol. The minimum Gasteiger partial charge on any atom is -0.454 e. The van der Waals surface area contributed by atoms with Gasteiger partial charge in [-0.1, -0.05) is 30.3 Å². The number of carbonyl (C=O) groups is 2. The van der Waals surface area contributed by atoms with Crippen molar-refractivity contribution in [1.29, 1.82) is 0 Å². The zero-order chi connectivity index (χ0) is 18.8. The number of hydrogen-bond acceptors (Lipinski definition) is 4. The van der Waals surface area contributed by atoms with Crippen LogP contribution in [0.25, 0.3) is 0 Å². The Labute approximate surface area is 156 Å². The van der Waals surface area contributed by atoms with E-state index in [0.29, 0.717) is 30.0 Å². The van der Waals surface area contributed by atoms with Crippen molar-refractivity contribution in [2.45, 2.75) is 19.4 Å². The Morgan fingerprint density at radius 1 is 1.26 bits per heavy atom. The first-order chi connectivity index (χ1) is 13.2. The number of esters is 1. The number of fused-ring (bicyclic) bond motifs is 1. The number of amides is 1. The van der Waals surface area contributed by atoms with Crippen molar-refractivity contribution in [1.82, 2.24) is 9.97 Å². The van der Waals surface area contributed by atoms with E-state index >= 15 is 0 Å². The summed E-state index contributed by atoms with van der Waals surface area (Å²) in [5.41, 5.74) is 2.80. The zero-order valence-electron chi connectivity index (χ0n) is 14.9. The highest BCUT2D eigenvalue weighted by Gasteiger charge is 2.29. The minimum absolute atomic E-state index is 0.162. The van der Waals surface area contributed by atoms with Gasteiger partial charge in [0, 0.05) is 30.9 Å². The molecular formula is C21H19N3O3. The Kier molecular flexibility index (Phi) is 4.46. The van der Waals surface area contributed by atoms with Gasteiger partial charge < -0.3 is 9.72 Å². The number of anilines is 1. The van der Waals surface area contributed by atoms with Crippen molar-refractivity contribution in [2.24, 2.45) is 0 Å². The van der Waals surface area contributed by atoms with Gasteiger partial charge in [0.05, 0.1) is 5.56 Å². The van der Waals surface area contributed by atoms with Crippen LogP contribution in [-0.4, -0.2) is 28.4 Å². The van der Waals surface area contributed by atoms with Gasteiger partial charge in [0.25, 0.3) is 5.91 Å². The lowest BCUT2D eigenvalue weighted by molar-refractivity contribution is 0.0252. The number of aromatic nitrogens is 2.